The Kier molecular flexibility index (Phi) is 6.44. The molecule has 0 bridgehead atoms. The third-order valence-electron chi connectivity index (χ3n) is 6.89. The molecule has 3 aromatic rings. The quantitative estimate of drug-likeness (QED) is 0.493. The molecular weight excluding hydrogens is 448 g/mol. The second kappa shape index (κ2) is 9.65. The van der Waals surface area contributed by atoms with Crippen molar-refractivity contribution in [2.75, 3.05) is 31.5 Å². The van der Waals surface area contributed by atoms with Gasteiger partial charge in [-0.3, -0.25) is 9.88 Å². The smallest absolute Gasteiger partial charge is 0.321 e. The number of aryl methyl sites for hydroxylation is 1. The van der Waals surface area contributed by atoms with Crippen LogP contribution in [-0.4, -0.2) is 47.0 Å². The topological polar surface area (TPSA) is 57.7 Å². The maximum atomic E-state index is 12.6. The van der Waals surface area contributed by atoms with E-state index in [4.69, 9.17) is 16.3 Å². The van der Waals surface area contributed by atoms with Gasteiger partial charge in [0.25, 0.3) is 0 Å². The predicted molar refractivity (Wildman–Crippen MR) is 134 cm³/mol. The first kappa shape index (κ1) is 22.7. The van der Waals surface area contributed by atoms with Gasteiger partial charge in [-0.05, 0) is 86.4 Å². The minimum atomic E-state index is -0.0262. The van der Waals surface area contributed by atoms with Gasteiger partial charge in [-0.15, -0.1) is 0 Å². The summed E-state index contributed by atoms with van der Waals surface area (Å²) < 4.78 is 5.98. The predicted octanol–water partition coefficient (Wildman–Crippen LogP) is 5.97. The van der Waals surface area contributed by atoms with Gasteiger partial charge in [0.15, 0.2) is 0 Å². The number of carbonyl (C=O) groups excluding carboxylic acids is 1. The third-order valence-corrected chi connectivity index (χ3v) is 7.14. The number of anilines is 1. The summed E-state index contributed by atoms with van der Waals surface area (Å²) in [6.07, 6.45) is 5.67. The molecule has 1 spiro atoms. The lowest BCUT2D eigenvalue weighted by Gasteiger charge is -2.53. The fourth-order valence-electron chi connectivity index (χ4n) is 4.80. The Balaban J connectivity index is 1.10. The molecule has 2 aliphatic heterocycles. The Bertz CT molecular complexity index is 1150. The molecule has 0 unspecified atom stereocenters. The Morgan fingerprint density at radius 3 is 2.59 bits per heavy atom. The second-order valence-electron chi connectivity index (χ2n) is 9.46. The highest BCUT2D eigenvalue weighted by atomic mass is 35.5. The average Bonchev–Trinajstić information content (AvgIpc) is 2.81. The van der Waals surface area contributed by atoms with Gasteiger partial charge in [0.2, 0.25) is 0 Å². The first-order valence-electron chi connectivity index (χ1n) is 11.7. The third kappa shape index (κ3) is 5.18. The molecule has 0 radical (unpaired) electrons. The lowest BCUT2D eigenvalue weighted by atomic mass is 9.72. The summed E-state index contributed by atoms with van der Waals surface area (Å²) in [5.41, 5.74) is 3.31. The number of rotatable bonds is 5. The highest BCUT2D eigenvalue weighted by molar-refractivity contribution is 6.30. The summed E-state index contributed by atoms with van der Waals surface area (Å²) in [4.78, 5) is 21.1. The van der Waals surface area contributed by atoms with E-state index in [1.165, 1.54) is 5.56 Å². The monoisotopic (exact) mass is 476 g/mol. The summed E-state index contributed by atoms with van der Waals surface area (Å²) in [7, 11) is 0. The largest absolute Gasteiger partial charge is 0.457 e. The highest BCUT2D eigenvalue weighted by Crippen LogP contribution is 2.41. The number of benzene rings is 2. The molecule has 3 heterocycles. The summed E-state index contributed by atoms with van der Waals surface area (Å²) in [5.74, 6) is 1.61. The molecule has 0 aliphatic carbocycles. The van der Waals surface area contributed by atoms with Crippen LogP contribution >= 0.6 is 11.6 Å². The van der Waals surface area contributed by atoms with E-state index in [1.54, 1.807) is 12.4 Å². The fourth-order valence-corrected chi connectivity index (χ4v) is 4.93. The van der Waals surface area contributed by atoms with Gasteiger partial charge in [-0.2, -0.15) is 0 Å². The molecule has 5 rings (SSSR count). The number of nitrogens with zero attached hydrogens (tertiary/aromatic N) is 3. The standard InChI is InChI=1S/C27H29ClN4O2/c1-20-9-12-29-16-25(20)30-26(33)32-18-27(19-32)10-13-31(14-11-27)17-21-3-2-4-24(15-21)34-23-7-5-22(28)6-8-23/h2-9,12,15-16H,10-11,13-14,17-19H2,1H3,(H,30,33). The molecule has 2 fully saturated rings. The Morgan fingerprint density at radius 1 is 1.09 bits per heavy atom. The van der Waals surface area contributed by atoms with Gasteiger partial charge < -0.3 is 15.0 Å². The molecule has 0 atom stereocenters. The van der Waals surface area contributed by atoms with E-state index in [2.05, 4.69) is 27.3 Å². The first-order chi connectivity index (χ1) is 16.5. The molecule has 1 N–H and O–H groups in total. The second-order valence-corrected chi connectivity index (χ2v) is 9.89. The number of nitrogens with one attached hydrogen (secondary N) is 1. The average molecular weight is 477 g/mol. The molecule has 2 aliphatic rings. The first-order valence-corrected chi connectivity index (χ1v) is 12.1. The summed E-state index contributed by atoms with van der Waals surface area (Å²) in [5, 5.41) is 3.69. The molecular formula is C27H29ClN4O2. The van der Waals surface area contributed by atoms with E-state index in [0.717, 1.165) is 68.3 Å². The number of carbonyl (C=O) groups is 1. The normalized spacial score (nSPS) is 17.3. The van der Waals surface area contributed by atoms with E-state index >= 15 is 0 Å². The van der Waals surface area contributed by atoms with Crippen molar-refractivity contribution in [3.05, 3.63) is 83.1 Å². The van der Waals surface area contributed by atoms with E-state index in [0.29, 0.717) is 5.02 Å². The number of urea groups is 1. The summed E-state index contributed by atoms with van der Waals surface area (Å²) in [6.45, 7) is 6.62. The van der Waals surface area contributed by atoms with E-state index < -0.39 is 0 Å². The highest BCUT2D eigenvalue weighted by Gasteiger charge is 2.46. The van der Waals surface area contributed by atoms with Crippen molar-refractivity contribution in [3.8, 4) is 11.5 Å². The van der Waals surface area contributed by atoms with Crippen LogP contribution in [0.1, 0.15) is 24.0 Å². The van der Waals surface area contributed by atoms with Gasteiger partial charge in [0, 0.05) is 36.3 Å². The molecule has 2 amide bonds. The van der Waals surface area contributed by atoms with Crippen LogP contribution in [0.15, 0.2) is 67.0 Å². The van der Waals surface area contributed by atoms with Crippen LogP contribution in [0, 0.1) is 12.3 Å². The molecule has 2 saturated heterocycles. The van der Waals surface area contributed by atoms with Crippen LogP contribution in [0.5, 0.6) is 11.5 Å². The Hall–Kier alpha value is -3.09. The van der Waals surface area contributed by atoms with Gasteiger partial charge in [0.1, 0.15) is 11.5 Å². The van der Waals surface area contributed by atoms with E-state index in [9.17, 15) is 4.79 Å². The Labute approximate surface area is 205 Å². The van der Waals surface area contributed by atoms with Gasteiger partial charge in [0.05, 0.1) is 11.9 Å². The fraction of sp³-hybridized carbons (Fsp3) is 0.333. The molecule has 0 saturated carbocycles. The van der Waals surface area contributed by atoms with E-state index in [1.807, 2.05) is 54.3 Å². The van der Waals surface area contributed by atoms with Gasteiger partial charge in [-0.1, -0.05) is 23.7 Å². The van der Waals surface area contributed by atoms with Crippen molar-refractivity contribution in [3.63, 3.8) is 0 Å². The number of piperidine rings is 1. The minimum Gasteiger partial charge on any atom is -0.457 e. The zero-order valence-corrected chi connectivity index (χ0v) is 20.1. The van der Waals surface area contributed by atoms with Crippen molar-refractivity contribution in [1.82, 2.24) is 14.8 Å². The van der Waals surface area contributed by atoms with Crippen LogP contribution < -0.4 is 10.1 Å². The number of ether oxygens (including phenoxy) is 1. The maximum Gasteiger partial charge on any atom is 0.321 e. The van der Waals surface area contributed by atoms with Crippen LogP contribution in [0.25, 0.3) is 0 Å². The lowest BCUT2D eigenvalue weighted by Crippen LogP contribution is -2.62. The molecule has 1 aromatic heterocycles. The Morgan fingerprint density at radius 2 is 1.85 bits per heavy atom. The van der Waals surface area contributed by atoms with Crippen molar-refractivity contribution in [2.45, 2.75) is 26.3 Å². The van der Waals surface area contributed by atoms with Crippen LogP contribution in [-0.2, 0) is 6.54 Å². The van der Waals surface area contributed by atoms with Crippen LogP contribution in [0.3, 0.4) is 0 Å². The minimum absolute atomic E-state index is 0.0262. The number of amides is 2. The van der Waals surface area contributed by atoms with E-state index in [-0.39, 0.29) is 11.4 Å². The zero-order chi connectivity index (χ0) is 23.5. The molecule has 176 valence electrons. The number of aromatic nitrogens is 1. The molecule has 34 heavy (non-hydrogen) atoms. The molecule has 6 nitrogen and oxygen atoms in total. The SMILES string of the molecule is Cc1ccncc1NC(=O)N1CC2(CCN(Cc3cccc(Oc4ccc(Cl)cc4)c3)CC2)C1. The van der Waals surface area contributed by atoms with Crippen molar-refractivity contribution in [2.24, 2.45) is 5.41 Å². The van der Waals surface area contributed by atoms with Crippen LogP contribution in [0.4, 0.5) is 10.5 Å². The van der Waals surface area contributed by atoms with Crippen molar-refractivity contribution < 1.29 is 9.53 Å². The number of halogens is 1. The summed E-state index contributed by atoms with van der Waals surface area (Å²) >= 11 is 5.96. The molecule has 2 aromatic carbocycles. The number of pyridine rings is 1. The number of hydrogen-bond acceptors (Lipinski definition) is 4. The lowest BCUT2D eigenvalue weighted by molar-refractivity contribution is -0.0200. The van der Waals surface area contributed by atoms with Crippen LogP contribution in [0.2, 0.25) is 5.02 Å². The molecule has 7 heteroatoms. The maximum absolute atomic E-state index is 12.6. The summed E-state index contributed by atoms with van der Waals surface area (Å²) in [6, 6.07) is 17.6. The van der Waals surface area contributed by atoms with Crippen molar-refractivity contribution in [1.29, 1.82) is 0 Å². The number of hydrogen-bond donors (Lipinski definition) is 1. The number of likely N-dealkylation sites (tertiary alicyclic amines) is 2. The van der Waals surface area contributed by atoms with Gasteiger partial charge >= 0.3 is 6.03 Å². The van der Waals surface area contributed by atoms with Gasteiger partial charge in [-0.25, -0.2) is 4.79 Å². The van der Waals surface area contributed by atoms with Crippen molar-refractivity contribution >= 4 is 23.3 Å². The zero-order valence-electron chi connectivity index (χ0n) is 19.3.